The summed E-state index contributed by atoms with van der Waals surface area (Å²) in [6, 6.07) is 9.45. The molecule has 0 atom stereocenters. The SMILES string of the molecule is Cc1ccsc1C(=O)Oc1nnc(Cl)cc1Oc1c(C)cccc1C1CC1. The molecule has 0 N–H and O–H groups in total. The third kappa shape index (κ3) is 3.82. The van der Waals surface area contributed by atoms with Gasteiger partial charge in [0, 0.05) is 6.07 Å². The fraction of sp³-hybridized carbons (Fsp3) is 0.250. The summed E-state index contributed by atoms with van der Waals surface area (Å²) >= 11 is 7.32. The van der Waals surface area contributed by atoms with Gasteiger partial charge >= 0.3 is 5.97 Å². The molecule has 1 fully saturated rings. The van der Waals surface area contributed by atoms with Gasteiger partial charge in [-0.3, -0.25) is 0 Å². The van der Waals surface area contributed by atoms with Gasteiger partial charge in [-0.15, -0.1) is 21.5 Å². The van der Waals surface area contributed by atoms with Crippen LogP contribution in [0, 0.1) is 13.8 Å². The van der Waals surface area contributed by atoms with Crippen molar-refractivity contribution >= 4 is 28.9 Å². The molecule has 4 rings (SSSR count). The molecule has 0 aliphatic heterocycles. The highest BCUT2D eigenvalue weighted by Gasteiger charge is 2.28. The average Bonchev–Trinajstić information content (AvgIpc) is 3.39. The lowest BCUT2D eigenvalue weighted by Gasteiger charge is -2.15. The van der Waals surface area contributed by atoms with Gasteiger partial charge in [0.05, 0.1) is 0 Å². The summed E-state index contributed by atoms with van der Waals surface area (Å²) in [6.07, 6.45) is 2.29. The van der Waals surface area contributed by atoms with Crippen molar-refractivity contribution < 1.29 is 14.3 Å². The van der Waals surface area contributed by atoms with Crippen molar-refractivity contribution in [1.29, 1.82) is 0 Å². The molecule has 0 saturated heterocycles. The van der Waals surface area contributed by atoms with Crippen LogP contribution in [0.1, 0.15) is 45.1 Å². The van der Waals surface area contributed by atoms with Gasteiger partial charge < -0.3 is 9.47 Å². The molecule has 5 nitrogen and oxygen atoms in total. The molecular formula is C20H17ClN2O3S. The predicted octanol–water partition coefficient (Wildman–Crippen LogP) is 5.70. The standard InChI is InChI=1S/C20H17ClN2O3S/c1-11-4-3-5-14(13-6-7-13)17(11)25-15-10-16(21)22-23-19(15)26-20(24)18-12(2)8-9-27-18/h3-5,8-10,13H,6-7H2,1-2H3. The Labute approximate surface area is 165 Å². The van der Waals surface area contributed by atoms with Crippen LogP contribution in [-0.2, 0) is 0 Å². The molecule has 2 aromatic heterocycles. The summed E-state index contributed by atoms with van der Waals surface area (Å²) in [4.78, 5) is 13.0. The van der Waals surface area contributed by atoms with Crippen LogP contribution in [0.5, 0.6) is 17.4 Å². The van der Waals surface area contributed by atoms with Crippen molar-refractivity contribution in [2.75, 3.05) is 0 Å². The number of thiophene rings is 1. The molecule has 0 amide bonds. The van der Waals surface area contributed by atoms with E-state index in [0.717, 1.165) is 35.3 Å². The summed E-state index contributed by atoms with van der Waals surface area (Å²) in [5, 5.41) is 9.73. The van der Waals surface area contributed by atoms with Crippen LogP contribution < -0.4 is 9.47 Å². The third-order valence-electron chi connectivity index (χ3n) is 4.41. The molecule has 0 spiro atoms. The number of para-hydroxylation sites is 1. The Hall–Kier alpha value is -2.44. The zero-order chi connectivity index (χ0) is 19.0. The second-order valence-electron chi connectivity index (χ2n) is 6.53. The number of esters is 1. The van der Waals surface area contributed by atoms with Crippen molar-refractivity contribution in [3.05, 3.63) is 62.4 Å². The maximum absolute atomic E-state index is 12.5. The molecule has 1 aromatic carbocycles. The first-order chi connectivity index (χ1) is 13.0. The number of carbonyl (C=O) groups is 1. The van der Waals surface area contributed by atoms with Gasteiger partial charge in [0.1, 0.15) is 10.6 Å². The molecule has 138 valence electrons. The monoisotopic (exact) mass is 400 g/mol. The molecular weight excluding hydrogens is 384 g/mol. The Bertz CT molecular complexity index is 1010. The van der Waals surface area contributed by atoms with E-state index in [2.05, 4.69) is 16.3 Å². The van der Waals surface area contributed by atoms with Crippen molar-refractivity contribution in [3.8, 4) is 17.4 Å². The fourth-order valence-electron chi connectivity index (χ4n) is 2.84. The first kappa shape index (κ1) is 17.9. The van der Waals surface area contributed by atoms with E-state index in [-0.39, 0.29) is 16.8 Å². The third-order valence-corrected chi connectivity index (χ3v) is 5.59. The molecule has 0 bridgehead atoms. The molecule has 0 unspecified atom stereocenters. The second kappa shape index (κ2) is 7.29. The Balaban J connectivity index is 1.67. The minimum atomic E-state index is -0.490. The Morgan fingerprint density at radius 3 is 2.70 bits per heavy atom. The van der Waals surface area contributed by atoms with E-state index in [9.17, 15) is 4.79 Å². The number of rotatable bonds is 5. The minimum Gasteiger partial charge on any atom is -0.451 e. The van der Waals surface area contributed by atoms with Gasteiger partial charge in [-0.1, -0.05) is 29.8 Å². The van der Waals surface area contributed by atoms with E-state index in [1.165, 1.54) is 17.4 Å². The maximum atomic E-state index is 12.5. The van der Waals surface area contributed by atoms with Crippen LogP contribution in [-0.4, -0.2) is 16.2 Å². The molecule has 1 aliphatic rings. The van der Waals surface area contributed by atoms with Crippen LogP contribution in [0.2, 0.25) is 5.15 Å². The molecule has 2 heterocycles. The van der Waals surface area contributed by atoms with Gasteiger partial charge in [-0.05, 0) is 60.7 Å². The number of ether oxygens (including phenoxy) is 2. The highest BCUT2D eigenvalue weighted by molar-refractivity contribution is 7.12. The number of carbonyl (C=O) groups excluding carboxylic acids is 1. The summed E-state index contributed by atoms with van der Waals surface area (Å²) < 4.78 is 11.6. The van der Waals surface area contributed by atoms with Crippen LogP contribution in [0.25, 0.3) is 0 Å². The van der Waals surface area contributed by atoms with E-state index in [1.54, 1.807) is 0 Å². The van der Waals surface area contributed by atoms with Gasteiger partial charge in [-0.25, -0.2) is 4.79 Å². The molecule has 3 aromatic rings. The molecule has 1 aliphatic carbocycles. The summed E-state index contributed by atoms with van der Waals surface area (Å²) in [5.74, 6) is 1.05. The number of halogens is 1. The van der Waals surface area contributed by atoms with E-state index in [1.807, 2.05) is 37.4 Å². The van der Waals surface area contributed by atoms with E-state index in [4.69, 9.17) is 21.1 Å². The van der Waals surface area contributed by atoms with Crippen molar-refractivity contribution in [2.45, 2.75) is 32.6 Å². The van der Waals surface area contributed by atoms with E-state index in [0.29, 0.717) is 10.8 Å². The Morgan fingerprint density at radius 2 is 2.00 bits per heavy atom. The van der Waals surface area contributed by atoms with E-state index < -0.39 is 5.97 Å². The first-order valence-electron chi connectivity index (χ1n) is 8.60. The van der Waals surface area contributed by atoms with Crippen molar-refractivity contribution in [2.24, 2.45) is 0 Å². The number of nitrogens with zero attached hydrogens (tertiary/aromatic N) is 2. The number of benzene rings is 1. The topological polar surface area (TPSA) is 61.3 Å². The van der Waals surface area contributed by atoms with Crippen molar-refractivity contribution in [3.63, 3.8) is 0 Å². The highest BCUT2D eigenvalue weighted by Crippen LogP contribution is 2.47. The summed E-state index contributed by atoms with van der Waals surface area (Å²) in [7, 11) is 0. The molecule has 27 heavy (non-hydrogen) atoms. The Morgan fingerprint density at radius 1 is 1.19 bits per heavy atom. The van der Waals surface area contributed by atoms with E-state index >= 15 is 0 Å². The maximum Gasteiger partial charge on any atom is 0.355 e. The summed E-state index contributed by atoms with van der Waals surface area (Å²) in [5.41, 5.74) is 3.00. The van der Waals surface area contributed by atoms with Gasteiger partial charge in [0.25, 0.3) is 5.88 Å². The number of hydrogen-bond acceptors (Lipinski definition) is 6. The first-order valence-corrected chi connectivity index (χ1v) is 9.85. The fourth-order valence-corrected chi connectivity index (χ4v) is 3.78. The van der Waals surface area contributed by atoms with Crippen LogP contribution in [0.3, 0.4) is 0 Å². The van der Waals surface area contributed by atoms with Crippen LogP contribution in [0.15, 0.2) is 35.7 Å². The zero-order valence-corrected chi connectivity index (χ0v) is 16.4. The number of aryl methyl sites for hydroxylation is 2. The molecule has 7 heteroatoms. The molecule has 1 saturated carbocycles. The van der Waals surface area contributed by atoms with Gasteiger partial charge in [0.2, 0.25) is 0 Å². The number of hydrogen-bond donors (Lipinski definition) is 0. The minimum absolute atomic E-state index is 0.00204. The number of aromatic nitrogens is 2. The second-order valence-corrected chi connectivity index (χ2v) is 7.83. The van der Waals surface area contributed by atoms with Gasteiger partial charge in [0.15, 0.2) is 10.9 Å². The zero-order valence-electron chi connectivity index (χ0n) is 14.9. The lowest BCUT2D eigenvalue weighted by atomic mass is 10.1. The molecule has 0 radical (unpaired) electrons. The highest BCUT2D eigenvalue weighted by atomic mass is 35.5. The normalized spacial score (nSPS) is 13.4. The average molecular weight is 401 g/mol. The van der Waals surface area contributed by atoms with Gasteiger partial charge in [-0.2, -0.15) is 0 Å². The summed E-state index contributed by atoms with van der Waals surface area (Å²) in [6.45, 7) is 3.84. The Kier molecular flexibility index (Phi) is 4.85. The van der Waals surface area contributed by atoms with Crippen LogP contribution >= 0.6 is 22.9 Å². The van der Waals surface area contributed by atoms with Crippen LogP contribution in [0.4, 0.5) is 0 Å². The lowest BCUT2D eigenvalue weighted by molar-refractivity contribution is 0.0725. The smallest absolute Gasteiger partial charge is 0.355 e. The quantitative estimate of drug-likeness (QED) is 0.514. The van der Waals surface area contributed by atoms with Crippen molar-refractivity contribution in [1.82, 2.24) is 10.2 Å². The predicted molar refractivity (Wildman–Crippen MR) is 104 cm³/mol. The lowest BCUT2D eigenvalue weighted by Crippen LogP contribution is -2.10. The largest absolute Gasteiger partial charge is 0.451 e.